The highest BCUT2D eigenvalue weighted by Gasteiger charge is 2.42. The molecular weight excluding hydrogens is 354 g/mol. The Hall–Kier alpha value is -2.51. The number of nitriles is 1. The number of ketones is 1. The minimum absolute atomic E-state index is 0.0819. The first-order valence-corrected chi connectivity index (χ1v) is 10.4. The normalized spacial score (nSPS) is 16.4. The number of carbonyl (C=O) groups is 1. The SMILES string of the molecule is CSCCOc1ccc2c(c1)C(C)(C)C1=C(C2=O)c2ccc(C#N)cc2C1. The molecule has 0 aromatic heterocycles. The zero-order valence-corrected chi connectivity index (χ0v) is 16.6. The van der Waals surface area contributed by atoms with Gasteiger partial charge < -0.3 is 4.74 Å². The van der Waals surface area contributed by atoms with Crippen molar-refractivity contribution in [1.82, 2.24) is 0 Å². The Morgan fingerprint density at radius 2 is 1.96 bits per heavy atom. The molecule has 27 heavy (non-hydrogen) atoms. The molecule has 0 saturated heterocycles. The molecule has 2 aromatic rings. The highest BCUT2D eigenvalue weighted by Crippen LogP contribution is 2.50. The minimum atomic E-state index is -0.261. The van der Waals surface area contributed by atoms with Gasteiger partial charge in [-0.2, -0.15) is 17.0 Å². The summed E-state index contributed by atoms with van der Waals surface area (Å²) in [6, 6.07) is 13.7. The van der Waals surface area contributed by atoms with E-state index >= 15 is 0 Å². The molecule has 0 fully saturated rings. The van der Waals surface area contributed by atoms with Gasteiger partial charge in [0, 0.05) is 22.3 Å². The van der Waals surface area contributed by atoms with Crippen LogP contribution in [0.15, 0.2) is 42.0 Å². The van der Waals surface area contributed by atoms with E-state index in [2.05, 4.69) is 26.2 Å². The van der Waals surface area contributed by atoms with Crippen molar-refractivity contribution in [2.45, 2.75) is 25.7 Å². The first kappa shape index (κ1) is 17.9. The molecule has 0 N–H and O–H groups in total. The third-order valence-electron chi connectivity index (χ3n) is 5.62. The molecule has 3 nitrogen and oxygen atoms in total. The number of nitrogens with zero attached hydrogens (tertiary/aromatic N) is 1. The van der Waals surface area contributed by atoms with Gasteiger partial charge in [0.2, 0.25) is 0 Å². The quantitative estimate of drug-likeness (QED) is 0.722. The summed E-state index contributed by atoms with van der Waals surface area (Å²) in [4.78, 5) is 13.3. The molecule has 0 atom stereocenters. The lowest BCUT2D eigenvalue weighted by molar-refractivity contribution is 0.105. The topological polar surface area (TPSA) is 50.1 Å². The molecule has 0 unspecified atom stereocenters. The molecule has 2 aliphatic rings. The number of thioether (sulfide) groups is 1. The van der Waals surface area contributed by atoms with Crippen molar-refractivity contribution in [3.8, 4) is 11.8 Å². The van der Waals surface area contributed by atoms with Gasteiger partial charge in [-0.25, -0.2) is 0 Å². The fraction of sp³-hybridized carbons (Fsp3) is 0.304. The maximum Gasteiger partial charge on any atom is 0.193 e. The van der Waals surface area contributed by atoms with Crippen LogP contribution in [-0.2, 0) is 11.8 Å². The average Bonchev–Trinajstić information content (AvgIpc) is 3.06. The molecule has 0 heterocycles. The first-order chi connectivity index (χ1) is 13.0. The molecule has 0 amide bonds. The third kappa shape index (κ3) is 2.78. The van der Waals surface area contributed by atoms with Gasteiger partial charge in [-0.05, 0) is 65.3 Å². The summed E-state index contributed by atoms with van der Waals surface area (Å²) in [6.45, 7) is 5.01. The number of hydrogen-bond donors (Lipinski definition) is 0. The van der Waals surface area contributed by atoms with Gasteiger partial charge in [0.25, 0.3) is 0 Å². The van der Waals surface area contributed by atoms with Gasteiger partial charge in [0.05, 0.1) is 18.2 Å². The van der Waals surface area contributed by atoms with E-state index in [1.165, 1.54) is 0 Å². The summed E-state index contributed by atoms with van der Waals surface area (Å²) in [5.41, 5.74) is 6.19. The smallest absolute Gasteiger partial charge is 0.193 e. The van der Waals surface area contributed by atoms with E-state index in [1.54, 1.807) is 17.8 Å². The molecule has 0 spiro atoms. The van der Waals surface area contributed by atoms with Crippen molar-refractivity contribution in [3.05, 3.63) is 69.8 Å². The number of Topliss-reactive ketones (excluding diaryl/α,β-unsaturated/α-hetero) is 1. The zero-order valence-electron chi connectivity index (χ0n) is 15.8. The number of hydrogen-bond acceptors (Lipinski definition) is 4. The maximum absolute atomic E-state index is 13.3. The summed E-state index contributed by atoms with van der Waals surface area (Å²) in [5, 5.41) is 9.20. The van der Waals surface area contributed by atoms with Crippen LogP contribution in [0.2, 0.25) is 0 Å². The maximum atomic E-state index is 13.3. The number of rotatable bonds is 4. The second kappa shape index (κ2) is 6.58. The van der Waals surface area contributed by atoms with Crippen molar-refractivity contribution in [2.75, 3.05) is 18.6 Å². The van der Waals surface area contributed by atoms with E-state index in [-0.39, 0.29) is 11.2 Å². The van der Waals surface area contributed by atoms with Crippen LogP contribution in [0, 0.1) is 11.3 Å². The van der Waals surface area contributed by atoms with Crippen LogP contribution in [0.3, 0.4) is 0 Å². The summed E-state index contributed by atoms with van der Waals surface area (Å²) in [7, 11) is 0. The van der Waals surface area contributed by atoms with Gasteiger partial charge in [-0.1, -0.05) is 19.9 Å². The van der Waals surface area contributed by atoms with Crippen LogP contribution in [0.5, 0.6) is 5.75 Å². The Bertz CT molecular complexity index is 1030. The number of benzene rings is 2. The first-order valence-electron chi connectivity index (χ1n) is 9.05. The van der Waals surface area contributed by atoms with E-state index in [0.29, 0.717) is 12.2 Å². The van der Waals surface area contributed by atoms with E-state index in [0.717, 1.165) is 51.3 Å². The molecule has 4 heteroatoms. The molecule has 0 radical (unpaired) electrons. The molecule has 0 aliphatic heterocycles. The molecule has 2 aliphatic carbocycles. The van der Waals surface area contributed by atoms with Crippen LogP contribution in [0.4, 0.5) is 0 Å². The van der Waals surface area contributed by atoms with Gasteiger partial charge in [0.1, 0.15) is 5.75 Å². The zero-order chi connectivity index (χ0) is 19.2. The Balaban J connectivity index is 1.78. The standard InChI is InChI=1S/C23H21NO2S/c1-23(2)19-12-16(26-8-9-27-3)5-7-18(19)22(25)21-17-6-4-14(13-24)10-15(17)11-20(21)23/h4-7,10,12H,8-9,11H2,1-3H3. The molecule has 136 valence electrons. The van der Waals surface area contributed by atoms with Gasteiger partial charge in [-0.15, -0.1) is 0 Å². The minimum Gasteiger partial charge on any atom is -0.493 e. The Morgan fingerprint density at radius 1 is 1.19 bits per heavy atom. The van der Waals surface area contributed by atoms with Gasteiger partial charge in [0.15, 0.2) is 5.78 Å². The van der Waals surface area contributed by atoms with Crippen LogP contribution in [0.25, 0.3) is 5.57 Å². The van der Waals surface area contributed by atoms with E-state index < -0.39 is 0 Å². The monoisotopic (exact) mass is 375 g/mol. The number of ether oxygens (including phenoxy) is 1. The predicted octanol–water partition coefficient (Wildman–Crippen LogP) is 4.78. The van der Waals surface area contributed by atoms with Crippen molar-refractivity contribution < 1.29 is 9.53 Å². The number of allylic oxidation sites excluding steroid dienone is 2. The fourth-order valence-electron chi connectivity index (χ4n) is 4.16. The Morgan fingerprint density at radius 3 is 2.70 bits per heavy atom. The van der Waals surface area contributed by atoms with Crippen molar-refractivity contribution in [3.63, 3.8) is 0 Å². The van der Waals surface area contributed by atoms with Crippen molar-refractivity contribution in [2.24, 2.45) is 0 Å². The molecular formula is C23H21NO2S. The number of fused-ring (bicyclic) bond motifs is 3. The van der Waals surface area contributed by atoms with E-state index in [9.17, 15) is 10.1 Å². The molecule has 0 bridgehead atoms. The predicted molar refractivity (Wildman–Crippen MR) is 109 cm³/mol. The summed E-state index contributed by atoms with van der Waals surface area (Å²) < 4.78 is 5.86. The van der Waals surface area contributed by atoms with E-state index in [1.807, 2.05) is 30.3 Å². The fourth-order valence-corrected chi connectivity index (χ4v) is 4.41. The van der Waals surface area contributed by atoms with Crippen LogP contribution in [-0.4, -0.2) is 24.4 Å². The van der Waals surface area contributed by atoms with Crippen molar-refractivity contribution >= 4 is 23.1 Å². The second-order valence-corrected chi connectivity index (χ2v) is 8.50. The highest BCUT2D eigenvalue weighted by atomic mass is 32.2. The Kier molecular flexibility index (Phi) is 4.36. The van der Waals surface area contributed by atoms with Gasteiger partial charge >= 0.3 is 0 Å². The van der Waals surface area contributed by atoms with Crippen molar-refractivity contribution in [1.29, 1.82) is 5.26 Å². The van der Waals surface area contributed by atoms with Crippen LogP contribution >= 0.6 is 11.8 Å². The summed E-state index contributed by atoms with van der Waals surface area (Å²) in [6.07, 6.45) is 2.78. The van der Waals surface area contributed by atoms with Crippen LogP contribution in [0.1, 0.15) is 46.5 Å². The lowest BCUT2D eigenvalue weighted by atomic mass is 9.68. The highest BCUT2D eigenvalue weighted by molar-refractivity contribution is 7.98. The van der Waals surface area contributed by atoms with Gasteiger partial charge in [-0.3, -0.25) is 4.79 Å². The molecule has 2 aromatic carbocycles. The molecule has 4 rings (SSSR count). The average molecular weight is 375 g/mol. The third-order valence-corrected chi connectivity index (χ3v) is 6.19. The second-order valence-electron chi connectivity index (χ2n) is 7.52. The lowest BCUT2D eigenvalue weighted by Crippen LogP contribution is -2.29. The largest absolute Gasteiger partial charge is 0.493 e. The van der Waals surface area contributed by atoms with Crippen LogP contribution < -0.4 is 4.74 Å². The Labute approximate surface area is 164 Å². The summed E-state index contributed by atoms with van der Waals surface area (Å²) in [5.74, 6) is 1.83. The summed E-state index contributed by atoms with van der Waals surface area (Å²) >= 11 is 1.75. The molecule has 0 saturated carbocycles. The van der Waals surface area contributed by atoms with E-state index in [4.69, 9.17) is 4.74 Å². The lowest BCUT2D eigenvalue weighted by Gasteiger charge is -2.34. The number of carbonyl (C=O) groups excluding carboxylic acids is 1.